The van der Waals surface area contributed by atoms with Crippen molar-refractivity contribution in [3.05, 3.63) is 70.9 Å². The first-order valence-corrected chi connectivity index (χ1v) is 14.5. The van der Waals surface area contributed by atoms with Gasteiger partial charge in [-0.15, -0.1) is 0 Å². The van der Waals surface area contributed by atoms with Crippen LogP contribution in [0, 0.1) is 11.8 Å². The molecule has 2 fully saturated rings. The summed E-state index contributed by atoms with van der Waals surface area (Å²) < 4.78 is 133. The maximum Gasteiger partial charge on any atom is 0.430 e. The highest BCUT2D eigenvalue weighted by Gasteiger charge is 2.71. The second kappa shape index (κ2) is 10.2. The Labute approximate surface area is 234 Å². The maximum absolute atomic E-state index is 14.1. The number of rotatable bonds is 8. The van der Waals surface area contributed by atoms with E-state index < -0.39 is 57.3 Å². The minimum absolute atomic E-state index is 0.00997. The molecule has 5 rings (SSSR count). The number of hydrogen-bond acceptors (Lipinski definition) is 5. The van der Waals surface area contributed by atoms with Crippen molar-refractivity contribution in [2.45, 2.75) is 61.1 Å². The molecule has 228 valence electrons. The van der Waals surface area contributed by atoms with Gasteiger partial charge in [0.15, 0.2) is 9.84 Å². The van der Waals surface area contributed by atoms with Crippen molar-refractivity contribution in [2.24, 2.45) is 11.8 Å². The normalized spacial score (nSPS) is 19.5. The van der Waals surface area contributed by atoms with E-state index in [4.69, 9.17) is 0 Å². The van der Waals surface area contributed by atoms with Gasteiger partial charge in [0.25, 0.3) is 17.6 Å². The van der Waals surface area contributed by atoms with Crippen LogP contribution in [0.3, 0.4) is 0 Å². The zero-order chi connectivity index (χ0) is 30.8. The fourth-order valence-electron chi connectivity index (χ4n) is 5.17. The first kappa shape index (κ1) is 30.3. The maximum atomic E-state index is 14.1. The number of nitrogens with zero attached hydrogens (tertiary/aromatic N) is 1. The van der Waals surface area contributed by atoms with Crippen LogP contribution < -0.4 is 5.32 Å². The van der Waals surface area contributed by atoms with Gasteiger partial charge in [0.2, 0.25) is 0 Å². The number of alkyl halides is 6. The fourth-order valence-corrected chi connectivity index (χ4v) is 6.91. The van der Waals surface area contributed by atoms with E-state index in [2.05, 4.69) is 5.32 Å². The van der Waals surface area contributed by atoms with Gasteiger partial charge in [-0.05, 0) is 67.0 Å². The number of sulfone groups is 1. The number of benzene rings is 2. The van der Waals surface area contributed by atoms with E-state index in [1.807, 2.05) is 0 Å². The van der Waals surface area contributed by atoms with Gasteiger partial charge in [0.1, 0.15) is 6.04 Å². The number of halogens is 8. The number of fused-ring (bicyclic) bond motifs is 1. The predicted molar refractivity (Wildman–Crippen MR) is 133 cm³/mol. The summed E-state index contributed by atoms with van der Waals surface area (Å²) in [6.45, 7) is -0.216. The van der Waals surface area contributed by atoms with Crippen LogP contribution in [0.2, 0.25) is 0 Å². The molecular weight excluding hydrogens is 600 g/mol. The van der Waals surface area contributed by atoms with Crippen molar-refractivity contribution in [1.82, 2.24) is 4.90 Å². The number of anilines is 1. The number of hydrogen-bond donors (Lipinski definition) is 2. The Morgan fingerprint density at radius 3 is 2.02 bits per heavy atom. The standard InChI is InChI=1S/C27H24F8N2O4S/c28-23(29)21(15-3-4-15)37-12-16-11-19(42(40,41)13-14-1-2-14)9-10-20(16)22(37)24(38)36-18-7-5-17(6-8-18)25(39,26(30,31)32)27(33,34)35/h5-11,14-15,22,39H,1-4,12-13H2,(H,36,38). The molecule has 0 aromatic heterocycles. The summed E-state index contributed by atoms with van der Waals surface area (Å²) in [6.07, 6.45) is -11.8. The van der Waals surface area contributed by atoms with Gasteiger partial charge in [-0.2, -0.15) is 35.1 Å². The van der Waals surface area contributed by atoms with Gasteiger partial charge >= 0.3 is 12.4 Å². The first-order valence-electron chi connectivity index (χ1n) is 12.9. The molecule has 1 atom stereocenters. The van der Waals surface area contributed by atoms with Gasteiger partial charge in [-0.3, -0.25) is 4.79 Å². The van der Waals surface area contributed by atoms with E-state index in [1.54, 1.807) is 0 Å². The summed E-state index contributed by atoms with van der Waals surface area (Å²) in [5.74, 6) is -1.45. The Balaban J connectivity index is 1.46. The molecule has 0 saturated heterocycles. The first-order chi connectivity index (χ1) is 19.4. The van der Waals surface area contributed by atoms with Crippen LogP contribution in [0.15, 0.2) is 59.1 Å². The predicted octanol–water partition coefficient (Wildman–Crippen LogP) is 6.20. The van der Waals surface area contributed by atoms with E-state index in [0.29, 0.717) is 30.5 Å². The zero-order valence-corrected chi connectivity index (χ0v) is 22.4. The average molecular weight is 625 g/mol. The SMILES string of the molecule is O=C(Nc1ccc(C(O)(C(F)(F)F)C(F)(F)F)cc1)C1c2ccc(S(=O)(=O)CC3CC3)cc2CN1C(=C(F)F)C1CC1. The van der Waals surface area contributed by atoms with E-state index in [0.717, 1.165) is 29.9 Å². The highest BCUT2D eigenvalue weighted by Crippen LogP contribution is 2.51. The Morgan fingerprint density at radius 2 is 1.52 bits per heavy atom. The molecular formula is C27H24F8N2O4S. The van der Waals surface area contributed by atoms with Crippen LogP contribution in [0.1, 0.15) is 48.4 Å². The monoisotopic (exact) mass is 624 g/mol. The van der Waals surface area contributed by atoms with E-state index in [-0.39, 0.29) is 40.1 Å². The summed E-state index contributed by atoms with van der Waals surface area (Å²) in [7, 11) is -3.66. The quantitative estimate of drug-likeness (QED) is 0.342. The van der Waals surface area contributed by atoms with Gasteiger partial charge in [-0.1, -0.05) is 18.2 Å². The summed E-state index contributed by atoms with van der Waals surface area (Å²) >= 11 is 0. The molecule has 1 heterocycles. The smallest absolute Gasteiger partial charge is 0.369 e. The molecule has 0 bridgehead atoms. The molecule has 2 N–H and O–H groups in total. The minimum Gasteiger partial charge on any atom is -0.369 e. The Bertz CT molecular complexity index is 1510. The third kappa shape index (κ3) is 5.48. The number of allylic oxidation sites excluding steroid dienone is 1. The van der Waals surface area contributed by atoms with Gasteiger partial charge in [0.05, 0.1) is 16.3 Å². The zero-order valence-electron chi connectivity index (χ0n) is 21.6. The third-order valence-corrected chi connectivity index (χ3v) is 9.56. The van der Waals surface area contributed by atoms with Crippen LogP contribution in [0.25, 0.3) is 0 Å². The number of aliphatic hydroxyl groups is 1. The van der Waals surface area contributed by atoms with Crippen LogP contribution >= 0.6 is 0 Å². The van der Waals surface area contributed by atoms with Gasteiger partial charge < -0.3 is 15.3 Å². The van der Waals surface area contributed by atoms with Crippen LogP contribution in [-0.2, 0) is 26.8 Å². The van der Waals surface area contributed by atoms with Crippen molar-refractivity contribution in [3.8, 4) is 0 Å². The fraction of sp³-hybridized carbons (Fsp3) is 0.444. The second-order valence-electron chi connectivity index (χ2n) is 10.8. The number of carbonyl (C=O) groups excluding carboxylic acids is 1. The van der Waals surface area contributed by atoms with Crippen molar-refractivity contribution < 1.29 is 53.4 Å². The van der Waals surface area contributed by atoms with Gasteiger partial charge in [0, 0.05) is 23.7 Å². The molecule has 1 amide bonds. The van der Waals surface area contributed by atoms with Crippen LogP contribution in [-0.4, -0.2) is 42.4 Å². The van der Waals surface area contributed by atoms with Crippen molar-refractivity contribution in [1.29, 1.82) is 0 Å². The summed E-state index contributed by atoms with van der Waals surface area (Å²) in [5, 5.41) is 11.9. The minimum atomic E-state index is -6.10. The molecule has 2 aromatic rings. The van der Waals surface area contributed by atoms with Crippen LogP contribution in [0.5, 0.6) is 0 Å². The molecule has 0 spiro atoms. The van der Waals surface area contributed by atoms with E-state index in [9.17, 15) is 53.4 Å². The van der Waals surface area contributed by atoms with E-state index >= 15 is 0 Å². The van der Waals surface area contributed by atoms with Crippen molar-refractivity contribution in [2.75, 3.05) is 11.1 Å². The highest BCUT2D eigenvalue weighted by molar-refractivity contribution is 7.91. The van der Waals surface area contributed by atoms with Gasteiger partial charge in [-0.25, -0.2) is 8.42 Å². The summed E-state index contributed by atoms with van der Waals surface area (Å²) in [5.41, 5.74) is -6.79. The molecule has 2 aromatic carbocycles. The lowest BCUT2D eigenvalue weighted by Gasteiger charge is -2.32. The summed E-state index contributed by atoms with van der Waals surface area (Å²) in [6, 6.07) is 4.74. The summed E-state index contributed by atoms with van der Waals surface area (Å²) in [4.78, 5) is 14.6. The lowest BCUT2D eigenvalue weighted by atomic mass is 9.92. The molecule has 6 nitrogen and oxygen atoms in total. The lowest BCUT2D eigenvalue weighted by molar-refractivity contribution is -0.376. The Hall–Kier alpha value is -3.20. The molecule has 15 heteroatoms. The Morgan fingerprint density at radius 1 is 0.929 bits per heavy atom. The average Bonchev–Trinajstić information content (AvgIpc) is 3.81. The van der Waals surface area contributed by atoms with Crippen molar-refractivity contribution >= 4 is 21.4 Å². The number of carbonyl (C=O) groups is 1. The molecule has 1 aliphatic heterocycles. The Kier molecular flexibility index (Phi) is 7.36. The topological polar surface area (TPSA) is 86.7 Å². The molecule has 2 aliphatic carbocycles. The number of nitrogens with one attached hydrogen (secondary N) is 1. The van der Waals surface area contributed by atoms with E-state index in [1.165, 1.54) is 18.2 Å². The van der Waals surface area contributed by atoms with Crippen LogP contribution in [0.4, 0.5) is 40.8 Å². The molecule has 0 radical (unpaired) electrons. The number of amides is 1. The lowest BCUT2D eigenvalue weighted by Crippen LogP contribution is -2.53. The highest BCUT2D eigenvalue weighted by atomic mass is 32.2. The second-order valence-corrected chi connectivity index (χ2v) is 12.8. The molecule has 3 aliphatic rings. The largest absolute Gasteiger partial charge is 0.430 e. The van der Waals surface area contributed by atoms with Crippen molar-refractivity contribution in [3.63, 3.8) is 0 Å². The molecule has 2 saturated carbocycles. The third-order valence-electron chi connectivity index (χ3n) is 7.68. The molecule has 1 unspecified atom stereocenters. The molecule has 42 heavy (non-hydrogen) atoms.